The number of thiocarbonyl (C=S) groups is 1. The van der Waals surface area contributed by atoms with Gasteiger partial charge in [-0.2, -0.15) is 0 Å². The maximum absolute atomic E-state index is 14.3. The molecule has 2 aromatic rings. The first-order valence-electron chi connectivity index (χ1n) is 10.7. The molecule has 0 aliphatic carbocycles. The Morgan fingerprint density at radius 2 is 1.91 bits per heavy atom. The molecule has 0 bridgehead atoms. The lowest BCUT2D eigenvalue weighted by Crippen LogP contribution is -2.54. The number of nitrogens with one attached hydrogen (secondary N) is 1. The summed E-state index contributed by atoms with van der Waals surface area (Å²) in [4.78, 5) is 29.2. The molecule has 32 heavy (non-hydrogen) atoms. The third-order valence-electron chi connectivity index (χ3n) is 6.23. The van der Waals surface area contributed by atoms with Gasteiger partial charge in [0.1, 0.15) is 11.4 Å². The molecule has 1 fully saturated rings. The summed E-state index contributed by atoms with van der Waals surface area (Å²) in [6.45, 7) is 9.72. The molecule has 1 atom stereocenters. The zero-order valence-electron chi connectivity index (χ0n) is 18.6. The predicted molar refractivity (Wildman–Crippen MR) is 129 cm³/mol. The van der Waals surface area contributed by atoms with E-state index >= 15 is 0 Å². The van der Waals surface area contributed by atoms with Crippen molar-refractivity contribution >= 4 is 46.6 Å². The number of halogens is 1. The Balaban J connectivity index is 1.74. The third-order valence-corrected chi connectivity index (χ3v) is 6.52. The highest BCUT2D eigenvalue weighted by molar-refractivity contribution is 7.80. The Hall–Kier alpha value is -3.06. The van der Waals surface area contributed by atoms with Crippen LogP contribution < -0.4 is 15.1 Å². The molecular weight excluding hydrogens is 425 g/mol. The Bertz CT molecular complexity index is 1160. The van der Waals surface area contributed by atoms with E-state index in [0.717, 1.165) is 23.4 Å². The van der Waals surface area contributed by atoms with Gasteiger partial charge in [-0.15, -0.1) is 0 Å². The van der Waals surface area contributed by atoms with E-state index in [9.17, 15) is 14.0 Å². The highest BCUT2D eigenvalue weighted by Crippen LogP contribution is 2.43. The molecule has 7 heteroatoms. The number of hydrogen-bond acceptors (Lipinski definition) is 4. The molecule has 1 saturated heterocycles. The van der Waals surface area contributed by atoms with Crippen molar-refractivity contribution in [3.63, 3.8) is 0 Å². The van der Waals surface area contributed by atoms with Gasteiger partial charge in [0.15, 0.2) is 5.11 Å². The summed E-state index contributed by atoms with van der Waals surface area (Å²) in [5.74, 6) is -1.50. The minimum Gasteiger partial charge on any atom is -0.366 e. The summed E-state index contributed by atoms with van der Waals surface area (Å²) in [7, 11) is 0. The van der Waals surface area contributed by atoms with Crippen molar-refractivity contribution < 1.29 is 14.0 Å². The molecule has 0 spiro atoms. The summed E-state index contributed by atoms with van der Waals surface area (Å²) in [6, 6.07) is 11.8. The second-order valence-electron chi connectivity index (χ2n) is 8.89. The number of hydrogen-bond donors (Lipinski definition) is 1. The highest BCUT2D eigenvalue weighted by Gasteiger charge is 2.37. The first-order valence-corrected chi connectivity index (χ1v) is 11.1. The molecule has 5 nitrogen and oxygen atoms in total. The fourth-order valence-corrected chi connectivity index (χ4v) is 5.15. The SMILES string of the molecule is CCN1c2ccc(/C=C3\C(=O)NC(=S)N(c4ccccc4F)C3=O)cc2[C@H](C)CC1(C)C. The van der Waals surface area contributed by atoms with Gasteiger partial charge in [0.2, 0.25) is 0 Å². The van der Waals surface area contributed by atoms with E-state index in [0.29, 0.717) is 5.92 Å². The first kappa shape index (κ1) is 22.1. The number of para-hydroxylation sites is 1. The number of fused-ring (bicyclic) bond motifs is 1. The van der Waals surface area contributed by atoms with Gasteiger partial charge in [0, 0.05) is 17.8 Å². The van der Waals surface area contributed by atoms with Gasteiger partial charge in [-0.1, -0.05) is 25.1 Å². The number of carbonyl (C=O) groups is 2. The van der Waals surface area contributed by atoms with Crippen LogP contribution in [0, 0.1) is 5.82 Å². The fourth-order valence-electron chi connectivity index (χ4n) is 4.87. The molecule has 2 aliphatic heterocycles. The summed E-state index contributed by atoms with van der Waals surface area (Å²) < 4.78 is 14.3. The lowest BCUT2D eigenvalue weighted by molar-refractivity contribution is -0.122. The average molecular weight is 452 g/mol. The molecule has 2 aliphatic rings. The standard InChI is InChI=1S/C25H26FN3O2S/c1-5-28-20-11-10-16(12-17(20)15(2)14-25(28,3)4)13-18-22(30)27-24(32)29(23(18)31)21-9-7-6-8-19(21)26/h6-13,15H,5,14H2,1-4H3,(H,27,30,32)/b18-13+/t15-/m1/s1. The van der Waals surface area contributed by atoms with Crippen LogP contribution in [0.4, 0.5) is 15.8 Å². The van der Waals surface area contributed by atoms with E-state index in [1.165, 1.54) is 29.4 Å². The molecule has 2 heterocycles. The maximum atomic E-state index is 14.3. The molecule has 2 amide bonds. The van der Waals surface area contributed by atoms with Gasteiger partial charge in [0.25, 0.3) is 11.8 Å². The largest absolute Gasteiger partial charge is 0.366 e. The van der Waals surface area contributed by atoms with Crippen LogP contribution in [-0.2, 0) is 9.59 Å². The van der Waals surface area contributed by atoms with Crippen LogP contribution in [0.25, 0.3) is 6.08 Å². The Morgan fingerprint density at radius 1 is 1.19 bits per heavy atom. The first-order chi connectivity index (χ1) is 15.1. The molecule has 166 valence electrons. The van der Waals surface area contributed by atoms with E-state index in [1.807, 2.05) is 18.2 Å². The Labute approximate surface area is 192 Å². The van der Waals surface area contributed by atoms with Crippen molar-refractivity contribution in [1.82, 2.24) is 5.32 Å². The van der Waals surface area contributed by atoms with E-state index in [-0.39, 0.29) is 21.9 Å². The number of anilines is 2. The number of nitrogens with zero attached hydrogens (tertiary/aromatic N) is 2. The maximum Gasteiger partial charge on any atom is 0.270 e. The van der Waals surface area contributed by atoms with Crippen LogP contribution in [0.3, 0.4) is 0 Å². The normalized spacial score (nSPS) is 21.6. The molecule has 0 radical (unpaired) electrons. The monoisotopic (exact) mass is 451 g/mol. The molecule has 0 unspecified atom stereocenters. The quantitative estimate of drug-likeness (QED) is 0.415. The summed E-state index contributed by atoms with van der Waals surface area (Å²) in [5, 5.41) is 2.37. The van der Waals surface area contributed by atoms with Gasteiger partial charge in [-0.3, -0.25) is 14.9 Å². The van der Waals surface area contributed by atoms with Crippen molar-refractivity contribution in [3.05, 3.63) is 65.0 Å². The van der Waals surface area contributed by atoms with Crippen LogP contribution in [0.15, 0.2) is 48.0 Å². The molecule has 0 aromatic heterocycles. The Kier molecular flexibility index (Phi) is 5.63. The topological polar surface area (TPSA) is 52.7 Å². The third kappa shape index (κ3) is 3.71. The second-order valence-corrected chi connectivity index (χ2v) is 9.28. The summed E-state index contributed by atoms with van der Waals surface area (Å²) in [5.41, 5.74) is 3.08. The van der Waals surface area contributed by atoms with Crippen LogP contribution in [0.2, 0.25) is 0 Å². The number of benzene rings is 2. The Morgan fingerprint density at radius 3 is 2.59 bits per heavy atom. The lowest BCUT2D eigenvalue weighted by Gasteiger charge is -2.47. The van der Waals surface area contributed by atoms with E-state index in [4.69, 9.17) is 12.2 Å². The smallest absolute Gasteiger partial charge is 0.270 e. The minimum atomic E-state index is -0.647. The number of amides is 2. The lowest BCUT2D eigenvalue weighted by atomic mass is 9.79. The number of rotatable bonds is 3. The summed E-state index contributed by atoms with van der Waals surface area (Å²) in [6.07, 6.45) is 2.55. The van der Waals surface area contributed by atoms with Gasteiger partial charge < -0.3 is 4.90 Å². The van der Waals surface area contributed by atoms with E-state index in [1.54, 1.807) is 12.1 Å². The van der Waals surface area contributed by atoms with Crippen LogP contribution >= 0.6 is 12.2 Å². The molecule has 0 saturated carbocycles. The zero-order valence-corrected chi connectivity index (χ0v) is 19.4. The van der Waals surface area contributed by atoms with Crippen LogP contribution in [-0.4, -0.2) is 29.0 Å². The van der Waals surface area contributed by atoms with Crippen molar-refractivity contribution in [2.24, 2.45) is 0 Å². The van der Waals surface area contributed by atoms with Crippen molar-refractivity contribution in [3.8, 4) is 0 Å². The van der Waals surface area contributed by atoms with Crippen molar-refractivity contribution in [1.29, 1.82) is 0 Å². The van der Waals surface area contributed by atoms with Gasteiger partial charge in [-0.05, 0) is 86.8 Å². The summed E-state index contributed by atoms with van der Waals surface area (Å²) >= 11 is 5.16. The van der Waals surface area contributed by atoms with Crippen LogP contribution in [0.5, 0.6) is 0 Å². The minimum absolute atomic E-state index is 0.00767. The molecular formula is C25H26FN3O2S. The zero-order chi connectivity index (χ0) is 23.2. The van der Waals surface area contributed by atoms with Gasteiger partial charge >= 0.3 is 0 Å². The predicted octanol–water partition coefficient (Wildman–Crippen LogP) is 4.77. The molecule has 1 N–H and O–H groups in total. The van der Waals surface area contributed by atoms with Crippen molar-refractivity contribution in [2.45, 2.75) is 45.6 Å². The second kappa shape index (κ2) is 8.13. The molecule has 2 aromatic carbocycles. The highest BCUT2D eigenvalue weighted by atomic mass is 32.1. The van der Waals surface area contributed by atoms with E-state index in [2.05, 4.69) is 37.9 Å². The average Bonchev–Trinajstić information content (AvgIpc) is 2.72. The molecule has 4 rings (SSSR count). The fraction of sp³-hybridized carbons (Fsp3) is 0.320. The van der Waals surface area contributed by atoms with Crippen molar-refractivity contribution in [2.75, 3.05) is 16.3 Å². The number of carbonyl (C=O) groups excluding carboxylic acids is 2. The van der Waals surface area contributed by atoms with Gasteiger partial charge in [-0.25, -0.2) is 9.29 Å². The van der Waals surface area contributed by atoms with E-state index < -0.39 is 17.6 Å². The van der Waals surface area contributed by atoms with Crippen LogP contribution in [0.1, 0.15) is 51.2 Å². The van der Waals surface area contributed by atoms with Gasteiger partial charge in [0.05, 0.1) is 5.69 Å².